The number of fused-ring (bicyclic) bond motifs is 1. The summed E-state index contributed by atoms with van der Waals surface area (Å²) in [6.45, 7) is 0. The summed E-state index contributed by atoms with van der Waals surface area (Å²) in [6.07, 6.45) is 0. The molecule has 0 unspecified atom stereocenters. The molecule has 1 aromatic heterocycles. The van der Waals surface area contributed by atoms with Crippen molar-refractivity contribution in [2.75, 3.05) is 0 Å². The van der Waals surface area contributed by atoms with Gasteiger partial charge in [-0.3, -0.25) is 0 Å². The molecule has 0 aliphatic carbocycles. The van der Waals surface area contributed by atoms with Crippen LogP contribution in [0, 0.1) is 3.57 Å². The molecule has 0 bridgehead atoms. The molecule has 0 saturated carbocycles. The summed E-state index contributed by atoms with van der Waals surface area (Å²) < 4.78 is 1.71. The van der Waals surface area contributed by atoms with Crippen molar-refractivity contribution < 1.29 is 9.90 Å². The monoisotopic (exact) mass is 336 g/mol. The number of hydrogen-bond acceptors (Lipinski definition) is 3. The number of aromatic carboxylic acids is 1. The van der Waals surface area contributed by atoms with E-state index in [1.54, 1.807) is 6.07 Å². The number of thiophene rings is 1. The lowest BCUT2D eigenvalue weighted by Crippen LogP contribution is -1.96. The molecule has 0 atom stereocenters. The van der Waals surface area contributed by atoms with E-state index in [1.807, 2.05) is 11.4 Å². The van der Waals surface area contributed by atoms with Gasteiger partial charge < -0.3 is 5.11 Å². The Morgan fingerprint density at radius 2 is 2.21 bits per heavy atom. The number of rotatable bonds is 1. The van der Waals surface area contributed by atoms with Crippen LogP contribution in [0.3, 0.4) is 0 Å². The van der Waals surface area contributed by atoms with Gasteiger partial charge in [-0.05, 0) is 34.7 Å². The van der Waals surface area contributed by atoms with E-state index in [0.717, 1.165) is 18.6 Å². The van der Waals surface area contributed by atoms with Crippen LogP contribution in [0.4, 0.5) is 0 Å². The first-order valence-corrected chi connectivity index (χ1v) is 6.13. The van der Waals surface area contributed by atoms with Gasteiger partial charge in [-0.15, -0.1) is 24.0 Å². The Morgan fingerprint density at radius 3 is 2.86 bits per heavy atom. The van der Waals surface area contributed by atoms with E-state index in [2.05, 4.69) is 35.2 Å². The van der Waals surface area contributed by atoms with Crippen molar-refractivity contribution in [3.63, 3.8) is 0 Å². The number of carbonyl (C=O) groups is 1. The zero-order chi connectivity index (χ0) is 10.3. The second-order valence-corrected chi connectivity index (χ2v) is 5.36. The molecule has 2 rings (SSSR count). The van der Waals surface area contributed by atoms with Crippen molar-refractivity contribution in [3.8, 4) is 0 Å². The van der Waals surface area contributed by atoms with Gasteiger partial charge in [0.25, 0.3) is 0 Å². The predicted octanol–water partition coefficient (Wildman–Crippen LogP) is 3.49. The van der Waals surface area contributed by atoms with Crippen molar-refractivity contribution in [2.24, 2.45) is 0 Å². The highest BCUT2D eigenvalue weighted by atomic mass is 127. The number of carboxylic acid groups (broad SMARTS) is 1. The Kier molecular flexibility index (Phi) is 2.72. The van der Waals surface area contributed by atoms with Crippen LogP contribution < -0.4 is 0 Å². The average molecular weight is 336 g/mol. The molecule has 2 nitrogen and oxygen atoms in total. The molecule has 0 amide bonds. The predicted molar refractivity (Wildman–Crippen MR) is 68.8 cm³/mol. The van der Waals surface area contributed by atoms with Crippen molar-refractivity contribution >= 4 is 62.6 Å². The molecular weight excluding hydrogens is 331 g/mol. The second-order valence-electron chi connectivity index (χ2n) is 2.76. The Hall–Kier alpha value is -0.270. The summed E-state index contributed by atoms with van der Waals surface area (Å²) in [5.74, 6) is -0.885. The Bertz CT molecular complexity index is 519. The highest BCUT2D eigenvalue weighted by molar-refractivity contribution is 14.1. The van der Waals surface area contributed by atoms with Gasteiger partial charge in [0.1, 0.15) is 0 Å². The van der Waals surface area contributed by atoms with Gasteiger partial charge >= 0.3 is 5.97 Å². The third kappa shape index (κ3) is 1.64. The molecule has 0 spiro atoms. The lowest BCUT2D eigenvalue weighted by atomic mass is 10.2. The normalized spacial score (nSPS) is 10.7. The van der Waals surface area contributed by atoms with E-state index in [4.69, 9.17) is 5.11 Å². The Labute approximate surface area is 103 Å². The first kappa shape index (κ1) is 10.3. The lowest BCUT2D eigenvalue weighted by Gasteiger charge is -1.99. The quantitative estimate of drug-likeness (QED) is 0.618. The van der Waals surface area contributed by atoms with Gasteiger partial charge in [-0.25, -0.2) is 4.79 Å². The maximum absolute atomic E-state index is 11.0. The first-order chi connectivity index (χ1) is 6.59. The molecule has 0 fully saturated rings. The molecule has 14 heavy (non-hydrogen) atoms. The molecule has 1 aromatic carbocycles. The van der Waals surface area contributed by atoms with Crippen molar-refractivity contribution in [2.45, 2.75) is 4.90 Å². The summed E-state index contributed by atoms with van der Waals surface area (Å²) in [5, 5.41) is 11.8. The minimum Gasteiger partial charge on any atom is -0.478 e. The van der Waals surface area contributed by atoms with E-state index < -0.39 is 5.97 Å². The van der Waals surface area contributed by atoms with Crippen molar-refractivity contribution in [1.82, 2.24) is 0 Å². The first-order valence-electron chi connectivity index (χ1n) is 3.72. The van der Waals surface area contributed by atoms with Crippen LogP contribution in [0.25, 0.3) is 10.1 Å². The number of benzene rings is 1. The summed E-state index contributed by atoms with van der Waals surface area (Å²) in [5.41, 5.74) is 0.359. The zero-order valence-electron chi connectivity index (χ0n) is 6.82. The maximum atomic E-state index is 11.0. The summed E-state index contributed by atoms with van der Waals surface area (Å²) in [6, 6.07) is 3.62. The van der Waals surface area contributed by atoms with Crippen molar-refractivity contribution in [3.05, 3.63) is 26.6 Å². The molecule has 0 aliphatic heterocycles. The molecule has 5 heteroatoms. The standard InChI is InChI=1S/C9H5IO2S2/c10-4-1-5-7(13)3-14-8(5)6(2-4)9(11)12/h1-3,13H,(H,11,12). The minimum atomic E-state index is -0.885. The fourth-order valence-corrected chi connectivity index (χ4v) is 3.21. The minimum absolute atomic E-state index is 0.359. The number of halogens is 1. The SMILES string of the molecule is O=C(O)c1cc(I)cc2c(S)csc12. The van der Waals surface area contributed by atoms with E-state index in [-0.39, 0.29) is 0 Å². The topological polar surface area (TPSA) is 37.3 Å². The summed E-state index contributed by atoms with van der Waals surface area (Å²) in [4.78, 5) is 11.8. The molecule has 1 N–H and O–H groups in total. The highest BCUT2D eigenvalue weighted by Gasteiger charge is 2.12. The van der Waals surface area contributed by atoms with Crippen LogP contribution in [0.1, 0.15) is 10.4 Å². The molecule has 1 heterocycles. The third-order valence-electron chi connectivity index (χ3n) is 1.85. The largest absolute Gasteiger partial charge is 0.478 e. The van der Waals surface area contributed by atoms with Gasteiger partial charge in [-0.2, -0.15) is 0 Å². The van der Waals surface area contributed by atoms with E-state index in [9.17, 15) is 4.79 Å². The third-order valence-corrected chi connectivity index (χ3v) is 4.05. The maximum Gasteiger partial charge on any atom is 0.337 e. The van der Waals surface area contributed by atoms with Crippen LogP contribution in [-0.2, 0) is 0 Å². The number of carboxylic acids is 1. The average Bonchev–Trinajstić information content (AvgIpc) is 2.47. The van der Waals surface area contributed by atoms with Crippen LogP contribution in [-0.4, -0.2) is 11.1 Å². The zero-order valence-corrected chi connectivity index (χ0v) is 10.7. The van der Waals surface area contributed by atoms with E-state index >= 15 is 0 Å². The number of hydrogen-bond donors (Lipinski definition) is 2. The van der Waals surface area contributed by atoms with Gasteiger partial charge in [0.05, 0.1) is 5.56 Å². The molecule has 0 aliphatic rings. The molecule has 2 aromatic rings. The van der Waals surface area contributed by atoms with Crippen LogP contribution in [0.2, 0.25) is 0 Å². The summed E-state index contributed by atoms with van der Waals surface area (Å²) in [7, 11) is 0. The fraction of sp³-hybridized carbons (Fsp3) is 0. The summed E-state index contributed by atoms with van der Waals surface area (Å²) >= 11 is 7.80. The van der Waals surface area contributed by atoms with Crippen LogP contribution in [0.5, 0.6) is 0 Å². The van der Waals surface area contributed by atoms with Crippen LogP contribution in [0.15, 0.2) is 22.4 Å². The smallest absolute Gasteiger partial charge is 0.337 e. The Morgan fingerprint density at radius 1 is 1.50 bits per heavy atom. The highest BCUT2D eigenvalue weighted by Crippen LogP contribution is 2.32. The second kappa shape index (κ2) is 3.71. The lowest BCUT2D eigenvalue weighted by molar-refractivity contribution is 0.0699. The van der Waals surface area contributed by atoms with Gasteiger partial charge in [-0.1, -0.05) is 0 Å². The van der Waals surface area contributed by atoms with Gasteiger partial charge in [0.15, 0.2) is 0 Å². The molecular formula is C9H5IO2S2. The van der Waals surface area contributed by atoms with Gasteiger partial charge in [0, 0.05) is 23.9 Å². The van der Waals surface area contributed by atoms with Crippen molar-refractivity contribution in [1.29, 1.82) is 0 Å². The molecule has 0 radical (unpaired) electrons. The molecule has 72 valence electrons. The fourth-order valence-electron chi connectivity index (χ4n) is 1.25. The van der Waals surface area contributed by atoms with Crippen LogP contribution >= 0.6 is 46.6 Å². The van der Waals surface area contributed by atoms with Gasteiger partial charge in [0.2, 0.25) is 0 Å². The molecule has 0 saturated heterocycles. The van der Waals surface area contributed by atoms with E-state index in [1.165, 1.54) is 11.3 Å². The number of thiol groups is 1. The Balaban J connectivity index is 2.88. The van der Waals surface area contributed by atoms with E-state index in [0.29, 0.717) is 5.56 Å².